The van der Waals surface area contributed by atoms with Gasteiger partial charge in [-0.25, -0.2) is 4.39 Å². The zero-order chi connectivity index (χ0) is 18.0. The second kappa shape index (κ2) is 6.84. The Bertz CT molecular complexity index is 850. The third-order valence-corrected chi connectivity index (χ3v) is 4.09. The van der Waals surface area contributed by atoms with Gasteiger partial charge in [0.25, 0.3) is 0 Å². The molecule has 0 heterocycles. The van der Waals surface area contributed by atoms with Crippen molar-refractivity contribution in [2.75, 3.05) is 10.6 Å². The van der Waals surface area contributed by atoms with Crippen molar-refractivity contribution < 1.29 is 18.8 Å². The Morgan fingerprint density at radius 2 is 1.48 bits per heavy atom. The molecule has 0 bridgehead atoms. The fourth-order valence-electron chi connectivity index (χ4n) is 2.63. The van der Waals surface area contributed by atoms with Gasteiger partial charge in [-0.3, -0.25) is 14.4 Å². The van der Waals surface area contributed by atoms with E-state index in [-0.39, 0.29) is 17.6 Å². The number of carbonyl (C=O) groups excluding carboxylic acids is 3. The summed E-state index contributed by atoms with van der Waals surface area (Å²) in [6.07, 6.45) is 0.444. The molecule has 1 aliphatic rings. The number of carbonyl (C=O) groups is 3. The molecule has 1 saturated carbocycles. The number of Topliss-reactive ketones (excluding diaryl/α,β-unsaturated/α-hetero) is 1. The van der Waals surface area contributed by atoms with Crippen molar-refractivity contribution in [2.45, 2.75) is 13.3 Å². The van der Waals surface area contributed by atoms with Gasteiger partial charge in [-0.2, -0.15) is 0 Å². The van der Waals surface area contributed by atoms with Gasteiger partial charge in [0, 0.05) is 16.9 Å². The quantitative estimate of drug-likeness (QED) is 0.821. The van der Waals surface area contributed by atoms with Crippen LogP contribution in [0, 0.1) is 17.7 Å². The van der Waals surface area contributed by atoms with Gasteiger partial charge in [0.2, 0.25) is 11.8 Å². The molecular formula is C19H17FN2O3. The summed E-state index contributed by atoms with van der Waals surface area (Å²) in [5, 5.41) is 5.34. The fourth-order valence-corrected chi connectivity index (χ4v) is 2.63. The molecule has 128 valence electrons. The Kier molecular flexibility index (Phi) is 4.61. The Labute approximate surface area is 144 Å². The van der Waals surface area contributed by atoms with Crippen LogP contribution in [0.25, 0.3) is 0 Å². The van der Waals surface area contributed by atoms with Gasteiger partial charge >= 0.3 is 0 Å². The molecular weight excluding hydrogens is 323 g/mol. The Morgan fingerprint density at radius 3 is 2.04 bits per heavy atom. The first-order valence-electron chi connectivity index (χ1n) is 7.92. The summed E-state index contributed by atoms with van der Waals surface area (Å²) in [4.78, 5) is 35.8. The van der Waals surface area contributed by atoms with Crippen molar-refractivity contribution in [1.82, 2.24) is 0 Å². The van der Waals surface area contributed by atoms with Crippen LogP contribution < -0.4 is 10.6 Å². The van der Waals surface area contributed by atoms with Crippen molar-refractivity contribution in [3.63, 3.8) is 0 Å². The van der Waals surface area contributed by atoms with Crippen molar-refractivity contribution in [3.05, 3.63) is 59.9 Å². The molecule has 2 atom stereocenters. The van der Waals surface area contributed by atoms with E-state index >= 15 is 0 Å². The lowest BCUT2D eigenvalue weighted by Crippen LogP contribution is -2.20. The van der Waals surface area contributed by atoms with Gasteiger partial charge in [-0.05, 0) is 43.7 Å². The largest absolute Gasteiger partial charge is 0.326 e. The molecule has 3 rings (SSSR count). The third kappa shape index (κ3) is 4.09. The molecule has 1 aliphatic carbocycles. The highest BCUT2D eigenvalue weighted by molar-refractivity contribution is 6.03. The van der Waals surface area contributed by atoms with Crippen LogP contribution in [0.2, 0.25) is 0 Å². The van der Waals surface area contributed by atoms with Crippen molar-refractivity contribution in [3.8, 4) is 0 Å². The van der Waals surface area contributed by atoms with Crippen LogP contribution >= 0.6 is 0 Å². The molecule has 6 heteroatoms. The number of hydrogen-bond donors (Lipinski definition) is 2. The topological polar surface area (TPSA) is 75.3 Å². The van der Waals surface area contributed by atoms with Gasteiger partial charge in [-0.15, -0.1) is 0 Å². The molecule has 2 unspecified atom stereocenters. The van der Waals surface area contributed by atoms with E-state index in [1.165, 1.54) is 25.1 Å². The van der Waals surface area contributed by atoms with E-state index < -0.39 is 17.7 Å². The lowest BCUT2D eigenvalue weighted by Gasteiger charge is -2.07. The first kappa shape index (κ1) is 16.8. The van der Waals surface area contributed by atoms with E-state index in [1.54, 1.807) is 30.3 Å². The van der Waals surface area contributed by atoms with E-state index in [9.17, 15) is 18.8 Å². The molecule has 5 nitrogen and oxygen atoms in total. The Morgan fingerprint density at radius 1 is 0.920 bits per heavy atom. The SMILES string of the molecule is CC(=O)c1cccc(NC(=O)C2CC2C(=O)Nc2cccc(F)c2)c1. The number of ketones is 1. The number of amides is 2. The zero-order valence-electron chi connectivity index (χ0n) is 13.6. The number of anilines is 2. The highest BCUT2D eigenvalue weighted by Gasteiger charge is 2.48. The summed E-state index contributed by atoms with van der Waals surface area (Å²) in [6.45, 7) is 1.45. The molecule has 0 aromatic heterocycles. The van der Waals surface area contributed by atoms with Crippen LogP contribution in [-0.2, 0) is 9.59 Å². The first-order valence-corrected chi connectivity index (χ1v) is 7.92. The van der Waals surface area contributed by atoms with Crippen LogP contribution in [0.1, 0.15) is 23.7 Å². The van der Waals surface area contributed by atoms with Gasteiger partial charge in [-0.1, -0.05) is 18.2 Å². The van der Waals surface area contributed by atoms with Crippen LogP contribution in [0.15, 0.2) is 48.5 Å². The number of benzene rings is 2. The molecule has 0 saturated heterocycles. The maximum absolute atomic E-state index is 13.1. The molecule has 0 radical (unpaired) electrons. The summed E-state index contributed by atoms with van der Waals surface area (Å²) in [7, 11) is 0. The molecule has 2 N–H and O–H groups in total. The summed E-state index contributed by atoms with van der Waals surface area (Å²) >= 11 is 0. The number of nitrogens with one attached hydrogen (secondary N) is 2. The zero-order valence-corrected chi connectivity index (χ0v) is 13.6. The summed E-state index contributed by atoms with van der Waals surface area (Å²) < 4.78 is 13.1. The molecule has 0 aliphatic heterocycles. The predicted molar refractivity (Wildman–Crippen MR) is 91.7 cm³/mol. The van der Waals surface area contributed by atoms with Gasteiger partial charge in [0.15, 0.2) is 5.78 Å². The molecule has 2 aromatic carbocycles. The van der Waals surface area contributed by atoms with E-state index in [2.05, 4.69) is 10.6 Å². The van der Waals surface area contributed by atoms with Gasteiger partial charge in [0.1, 0.15) is 5.82 Å². The lowest BCUT2D eigenvalue weighted by atomic mass is 10.1. The van der Waals surface area contributed by atoms with Crippen LogP contribution in [0.3, 0.4) is 0 Å². The Balaban J connectivity index is 1.57. The Hall–Kier alpha value is -3.02. The van der Waals surface area contributed by atoms with Crippen LogP contribution in [0.4, 0.5) is 15.8 Å². The molecule has 0 spiro atoms. The minimum Gasteiger partial charge on any atom is -0.326 e. The average Bonchev–Trinajstić information content (AvgIpc) is 3.36. The minimum atomic E-state index is -0.437. The first-order chi connectivity index (χ1) is 11.9. The van der Waals surface area contributed by atoms with Crippen LogP contribution in [0.5, 0.6) is 0 Å². The summed E-state index contributed by atoms with van der Waals surface area (Å²) in [5.41, 5.74) is 1.40. The van der Waals surface area contributed by atoms with E-state index in [4.69, 9.17) is 0 Å². The number of hydrogen-bond acceptors (Lipinski definition) is 3. The number of rotatable bonds is 5. The van der Waals surface area contributed by atoms with Crippen LogP contribution in [-0.4, -0.2) is 17.6 Å². The normalized spacial score (nSPS) is 18.3. The van der Waals surface area contributed by atoms with Gasteiger partial charge < -0.3 is 10.6 Å². The van der Waals surface area contributed by atoms with Gasteiger partial charge in [0.05, 0.1) is 11.8 Å². The molecule has 25 heavy (non-hydrogen) atoms. The summed E-state index contributed by atoms with van der Waals surface area (Å²) in [6, 6.07) is 12.3. The third-order valence-electron chi connectivity index (χ3n) is 4.09. The highest BCUT2D eigenvalue weighted by atomic mass is 19.1. The maximum atomic E-state index is 13.1. The fraction of sp³-hybridized carbons (Fsp3) is 0.211. The lowest BCUT2D eigenvalue weighted by molar-refractivity contribution is -0.122. The van der Waals surface area contributed by atoms with Crippen molar-refractivity contribution in [2.24, 2.45) is 11.8 Å². The minimum absolute atomic E-state index is 0.0881. The monoisotopic (exact) mass is 340 g/mol. The molecule has 2 aromatic rings. The maximum Gasteiger partial charge on any atom is 0.228 e. The van der Waals surface area contributed by atoms with Crippen molar-refractivity contribution >= 4 is 29.0 Å². The average molecular weight is 340 g/mol. The summed E-state index contributed by atoms with van der Waals surface area (Å²) in [5.74, 6) is -1.94. The second-order valence-corrected chi connectivity index (χ2v) is 6.07. The van der Waals surface area contributed by atoms with E-state index in [0.29, 0.717) is 23.4 Å². The smallest absolute Gasteiger partial charge is 0.228 e. The standard InChI is InChI=1S/C19H17FN2O3/c1-11(23)12-4-2-6-14(8-12)21-18(24)16-10-17(16)19(25)22-15-7-3-5-13(20)9-15/h2-9,16-17H,10H2,1H3,(H,21,24)(H,22,25). The predicted octanol–water partition coefficient (Wildman–Crippen LogP) is 3.24. The number of halogens is 1. The molecule has 1 fully saturated rings. The van der Waals surface area contributed by atoms with E-state index in [0.717, 1.165) is 0 Å². The second-order valence-electron chi connectivity index (χ2n) is 6.07. The highest BCUT2D eigenvalue weighted by Crippen LogP contribution is 2.40. The van der Waals surface area contributed by atoms with E-state index in [1.807, 2.05) is 0 Å². The molecule has 2 amide bonds. The van der Waals surface area contributed by atoms with Crippen molar-refractivity contribution in [1.29, 1.82) is 0 Å².